The Morgan fingerprint density at radius 1 is 0.632 bits per heavy atom. The Hall–Kier alpha value is -4.60. The Balaban J connectivity index is 1.02. The second kappa shape index (κ2) is 11.2. The first-order valence-electron chi connectivity index (χ1n) is 12.4. The van der Waals surface area contributed by atoms with Gasteiger partial charge in [-0.05, 0) is 85.1 Å². The summed E-state index contributed by atoms with van der Waals surface area (Å²) in [6.07, 6.45) is 5.73. The van der Waals surface area contributed by atoms with Crippen molar-refractivity contribution in [2.24, 2.45) is 11.8 Å². The molecule has 2 aromatic rings. The standard InChI is InChI=1S/C28H26N2O8/c31-25-23(37-27(33)29-25)13-17-5-9-21(10-6-17)35-15-19-1-2-20(4-3-19)16-36-22-11-7-18(8-12-22)14-24-26(32)30-28(34)38-24/h5-14,19-20H,1-4,15-16H2,(H,29,31,33)(H,30,32,34)/b23-13+,24-14+/t19-,20-. The van der Waals surface area contributed by atoms with Crippen LogP contribution in [-0.2, 0) is 19.1 Å². The van der Waals surface area contributed by atoms with Crippen LogP contribution in [0.3, 0.4) is 0 Å². The van der Waals surface area contributed by atoms with E-state index in [1.165, 1.54) is 12.2 Å². The Kier molecular flexibility index (Phi) is 7.39. The molecule has 0 bridgehead atoms. The van der Waals surface area contributed by atoms with E-state index in [1.807, 2.05) is 24.3 Å². The zero-order valence-electron chi connectivity index (χ0n) is 20.4. The lowest BCUT2D eigenvalue weighted by Gasteiger charge is -2.28. The van der Waals surface area contributed by atoms with Crippen molar-refractivity contribution >= 4 is 36.2 Å². The molecule has 0 unspecified atom stereocenters. The molecule has 4 amide bonds. The molecule has 0 aromatic heterocycles. The average Bonchev–Trinajstić information content (AvgIpc) is 3.41. The third-order valence-corrected chi connectivity index (χ3v) is 6.58. The van der Waals surface area contributed by atoms with Gasteiger partial charge in [0.2, 0.25) is 0 Å². The molecule has 2 saturated heterocycles. The van der Waals surface area contributed by atoms with Crippen LogP contribution in [0.5, 0.6) is 11.5 Å². The fourth-order valence-electron chi connectivity index (χ4n) is 4.46. The molecule has 3 aliphatic rings. The highest BCUT2D eigenvalue weighted by Gasteiger charge is 2.27. The SMILES string of the molecule is O=C1NC(=O)/C(=C\c2ccc(OC[C@H]3CC[C@H](COc4ccc(/C=C5/OC(=O)NC5=O)cc4)CC3)cc2)O1. The molecule has 5 rings (SSSR count). The molecule has 0 spiro atoms. The number of benzene rings is 2. The van der Waals surface area contributed by atoms with Gasteiger partial charge in [0.25, 0.3) is 11.8 Å². The number of carbonyl (C=O) groups is 4. The Morgan fingerprint density at radius 3 is 1.32 bits per heavy atom. The van der Waals surface area contributed by atoms with E-state index < -0.39 is 24.0 Å². The number of alkyl carbamates (subject to hydrolysis) is 2. The van der Waals surface area contributed by atoms with Crippen LogP contribution in [0.25, 0.3) is 12.2 Å². The minimum Gasteiger partial charge on any atom is -0.493 e. The molecule has 10 heteroatoms. The van der Waals surface area contributed by atoms with Crippen LogP contribution >= 0.6 is 0 Å². The summed E-state index contributed by atoms with van der Waals surface area (Å²) < 4.78 is 21.6. The summed E-state index contributed by atoms with van der Waals surface area (Å²) >= 11 is 0. The number of hydrogen-bond donors (Lipinski definition) is 2. The van der Waals surface area contributed by atoms with E-state index in [0.29, 0.717) is 25.0 Å². The first-order valence-corrected chi connectivity index (χ1v) is 12.4. The van der Waals surface area contributed by atoms with Crippen molar-refractivity contribution < 1.29 is 38.1 Å². The number of rotatable bonds is 8. The van der Waals surface area contributed by atoms with Gasteiger partial charge in [-0.25, -0.2) is 9.59 Å². The molecule has 196 valence electrons. The molecule has 1 saturated carbocycles. The third-order valence-electron chi connectivity index (χ3n) is 6.58. The van der Waals surface area contributed by atoms with Crippen LogP contribution in [0.15, 0.2) is 60.0 Å². The molecular formula is C28H26N2O8. The van der Waals surface area contributed by atoms with Gasteiger partial charge in [0.1, 0.15) is 11.5 Å². The molecule has 10 nitrogen and oxygen atoms in total. The molecule has 2 aliphatic heterocycles. The van der Waals surface area contributed by atoms with Gasteiger partial charge in [-0.15, -0.1) is 0 Å². The summed E-state index contributed by atoms with van der Waals surface area (Å²) in [5.74, 6) is 1.30. The number of carbonyl (C=O) groups excluding carboxylic acids is 4. The largest absolute Gasteiger partial charge is 0.493 e. The van der Waals surface area contributed by atoms with Crippen LogP contribution in [0, 0.1) is 11.8 Å². The number of amides is 4. The van der Waals surface area contributed by atoms with Crippen molar-refractivity contribution in [3.05, 3.63) is 71.2 Å². The molecule has 0 atom stereocenters. The molecular weight excluding hydrogens is 492 g/mol. The first kappa shape index (κ1) is 25.1. The lowest BCUT2D eigenvalue weighted by atomic mass is 9.83. The van der Waals surface area contributed by atoms with E-state index in [9.17, 15) is 19.2 Å². The van der Waals surface area contributed by atoms with Crippen LogP contribution in [0.4, 0.5) is 9.59 Å². The lowest BCUT2D eigenvalue weighted by molar-refractivity contribution is -0.117. The molecule has 1 aliphatic carbocycles. The van der Waals surface area contributed by atoms with Gasteiger partial charge >= 0.3 is 12.2 Å². The molecule has 2 heterocycles. The highest BCUT2D eigenvalue weighted by molar-refractivity contribution is 6.10. The molecule has 2 aromatic carbocycles. The van der Waals surface area contributed by atoms with E-state index in [0.717, 1.165) is 48.3 Å². The molecule has 38 heavy (non-hydrogen) atoms. The van der Waals surface area contributed by atoms with E-state index in [2.05, 4.69) is 10.6 Å². The number of ether oxygens (including phenoxy) is 4. The Labute approximate surface area is 218 Å². The molecule has 3 fully saturated rings. The van der Waals surface area contributed by atoms with Gasteiger partial charge in [-0.3, -0.25) is 20.2 Å². The smallest absolute Gasteiger partial charge is 0.419 e. The average molecular weight is 519 g/mol. The fraction of sp³-hybridized carbons (Fsp3) is 0.286. The highest BCUT2D eigenvalue weighted by atomic mass is 16.6. The predicted molar refractivity (Wildman–Crippen MR) is 135 cm³/mol. The number of hydrogen-bond acceptors (Lipinski definition) is 8. The van der Waals surface area contributed by atoms with Crippen LogP contribution in [-0.4, -0.2) is 37.2 Å². The first-order chi connectivity index (χ1) is 18.4. The van der Waals surface area contributed by atoms with Crippen molar-refractivity contribution in [1.82, 2.24) is 10.6 Å². The highest BCUT2D eigenvalue weighted by Crippen LogP contribution is 2.30. The van der Waals surface area contributed by atoms with Gasteiger partial charge in [0, 0.05) is 0 Å². The second-order valence-corrected chi connectivity index (χ2v) is 9.35. The summed E-state index contributed by atoms with van der Waals surface area (Å²) in [4.78, 5) is 45.3. The van der Waals surface area contributed by atoms with Crippen LogP contribution < -0.4 is 20.1 Å². The van der Waals surface area contributed by atoms with Crippen molar-refractivity contribution in [3.8, 4) is 11.5 Å². The van der Waals surface area contributed by atoms with Crippen molar-refractivity contribution in [2.75, 3.05) is 13.2 Å². The molecule has 2 N–H and O–H groups in total. The fourth-order valence-corrected chi connectivity index (χ4v) is 4.46. The second-order valence-electron chi connectivity index (χ2n) is 9.35. The zero-order valence-corrected chi connectivity index (χ0v) is 20.4. The van der Waals surface area contributed by atoms with Gasteiger partial charge in [0.15, 0.2) is 11.5 Å². The van der Waals surface area contributed by atoms with E-state index in [-0.39, 0.29) is 11.5 Å². The number of cyclic esters (lactones) is 2. The Bertz CT molecular complexity index is 1190. The van der Waals surface area contributed by atoms with Crippen LogP contribution in [0.2, 0.25) is 0 Å². The summed E-state index contributed by atoms with van der Waals surface area (Å²) in [6, 6.07) is 14.5. The Morgan fingerprint density at radius 2 is 1.00 bits per heavy atom. The third kappa shape index (κ3) is 6.39. The molecule has 0 radical (unpaired) electrons. The quantitative estimate of drug-likeness (QED) is 0.499. The predicted octanol–water partition coefficient (Wildman–Crippen LogP) is 4.17. The maximum Gasteiger partial charge on any atom is 0.419 e. The summed E-state index contributed by atoms with van der Waals surface area (Å²) in [7, 11) is 0. The lowest BCUT2D eigenvalue weighted by Crippen LogP contribution is -2.23. The van der Waals surface area contributed by atoms with Crippen LogP contribution in [0.1, 0.15) is 36.8 Å². The van der Waals surface area contributed by atoms with E-state index >= 15 is 0 Å². The van der Waals surface area contributed by atoms with Crippen molar-refractivity contribution in [1.29, 1.82) is 0 Å². The summed E-state index contributed by atoms with van der Waals surface area (Å²) in [6.45, 7) is 1.27. The minimum absolute atomic E-state index is 0.0253. The van der Waals surface area contributed by atoms with E-state index in [1.54, 1.807) is 24.3 Å². The summed E-state index contributed by atoms with van der Waals surface area (Å²) in [5, 5.41) is 4.13. The summed E-state index contributed by atoms with van der Waals surface area (Å²) in [5.41, 5.74) is 1.46. The van der Waals surface area contributed by atoms with Gasteiger partial charge in [-0.2, -0.15) is 0 Å². The van der Waals surface area contributed by atoms with Crippen molar-refractivity contribution in [3.63, 3.8) is 0 Å². The number of imide groups is 2. The van der Waals surface area contributed by atoms with Gasteiger partial charge < -0.3 is 18.9 Å². The van der Waals surface area contributed by atoms with Crippen molar-refractivity contribution in [2.45, 2.75) is 25.7 Å². The zero-order chi connectivity index (χ0) is 26.5. The monoisotopic (exact) mass is 518 g/mol. The maximum absolute atomic E-state index is 11.6. The normalized spacial score (nSPS) is 23.2. The van der Waals surface area contributed by atoms with Gasteiger partial charge in [0.05, 0.1) is 13.2 Å². The van der Waals surface area contributed by atoms with Gasteiger partial charge in [-0.1, -0.05) is 24.3 Å². The topological polar surface area (TPSA) is 129 Å². The van der Waals surface area contributed by atoms with E-state index in [4.69, 9.17) is 18.9 Å². The minimum atomic E-state index is -0.766. The maximum atomic E-state index is 11.6. The number of nitrogens with one attached hydrogen (secondary N) is 2.